The molecule has 1 aromatic rings. The maximum absolute atomic E-state index is 11.1. The van der Waals surface area contributed by atoms with Gasteiger partial charge in [0.2, 0.25) is 5.95 Å². The fraction of sp³-hybridized carbons (Fsp3) is 0.556. The third-order valence-electron chi connectivity index (χ3n) is 3.25. The first-order valence-electron chi connectivity index (χ1n) is 4.95. The molecule has 2 fully saturated rings. The fourth-order valence-corrected chi connectivity index (χ4v) is 2.31. The van der Waals surface area contributed by atoms with E-state index in [2.05, 4.69) is 16.0 Å². The third-order valence-corrected chi connectivity index (χ3v) is 3.25. The van der Waals surface area contributed by atoms with Gasteiger partial charge in [-0.15, -0.1) is 0 Å². The molecule has 6 nitrogen and oxygen atoms in total. The number of hydrogen-bond donors (Lipinski definition) is 3. The number of piperidine rings is 1. The van der Waals surface area contributed by atoms with E-state index in [1.807, 2.05) is 4.90 Å². The molecule has 5 N–H and O–H groups in total. The summed E-state index contributed by atoms with van der Waals surface area (Å²) in [4.78, 5) is 19.8. The lowest BCUT2D eigenvalue weighted by molar-refractivity contribution is 0.724. The minimum atomic E-state index is -0.331. The Hall–Kier alpha value is -1.56. The lowest BCUT2D eigenvalue weighted by Crippen LogP contribution is -2.31. The predicted octanol–water partition coefficient (Wildman–Crippen LogP) is -1.45. The van der Waals surface area contributed by atoms with Crippen LogP contribution in [0.1, 0.15) is 0 Å². The molecule has 0 spiro atoms. The van der Waals surface area contributed by atoms with Gasteiger partial charge in [0.1, 0.15) is 5.82 Å². The van der Waals surface area contributed by atoms with Gasteiger partial charge in [0.15, 0.2) is 0 Å². The summed E-state index contributed by atoms with van der Waals surface area (Å²) in [7, 11) is 0. The Morgan fingerprint density at radius 3 is 2.73 bits per heavy atom. The first-order chi connectivity index (χ1) is 7.15. The van der Waals surface area contributed by atoms with E-state index in [4.69, 9.17) is 11.5 Å². The van der Waals surface area contributed by atoms with Crippen molar-refractivity contribution in [1.82, 2.24) is 9.97 Å². The highest BCUT2D eigenvalue weighted by Gasteiger charge is 2.54. The number of fused-ring (bicyclic) bond motifs is 1. The van der Waals surface area contributed by atoms with Crippen LogP contribution in [0.15, 0.2) is 4.79 Å². The molecule has 1 aliphatic carbocycles. The fourth-order valence-electron chi connectivity index (χ4n) is 2.31. The second-order valence-electron chi connectivity index (χ2n) is 4.21. The Bertz CT molecular complexity index is 444. The standard InChI is InChI=1S/C9H12N5O/c10-6-1-7(15)13-9(12-6)14-2-4-5(3-14)8(4)11/h4-5,8H,2-3,11H2,(H3,10,12,13,15). The molecule has 0 bridgehead atoms. The summed E-state index contributed by atoms with van der Waals surface area (Å²) in [5, 5.41) is 0. The van der Waals surface area contributed by atoms with Crippen LogP contribution in [0, 0.1) is 17.9 Å². The largest absolute Gasteiger partial charge is 0.383 e. The number of nitrogens with two attached hydrogens (primary N) is 2. The zero-order valence-corrected chi connectivity index (χ0v) is 8.10. The van der Waals surface area contributed by atoms with Crippen molar-refractivity contribution >= 4 is 11.8 Å². The smallest absolute Gasteiger partial charge is 0.262 e. The Labute approximate surface area is 86.3 Å². The van der Waals surface area contributed by atoms with Gasteiger partial charge in [-0.2, -0.15) is 4.98 Å². The molecule has 1 radical (unpaired) electrons. The summed E-state index contributed by atoms with van der Waals surface area (Å²) in [6, 6.07) is 2.70. The van der Waals surface area contributed by atoms with E-state index in [0.717, 1.165) is 13.1 Å². The van der Waals surface area contributed by atoms with Crippen LogP contribution in [0.25, 0.3) is 0 Å². The number of aromatic amines is 1. The lowest BCUT2D eigenvalue weighted by Gasteiger charge is -2.19. The molecule has 6 heteroatoms. The zero-order valence-electron chi connectivity index (χ0n) is 8.10. The van der Waals surface area contributed by atoms with Crippen molar-refractivity contribution in [2.75, 3.05) is 23.7 Å². The van der Waals surface area contributed by atoms with E-state index in [1.54, 1.807) is 0 Å². The van der Waals surface area contributed by atoms with Crippen LogP contribution in [0.5, 0.6) is 0 Å². The van der Waals surface area contributed by atoms with Gasteiger partial charge in [-0.3, -0.25) is 9.78 Å². The Balaban J connectivity index is 1.86. The van der Waals surface area contributed by atoms with E-state index in [1.165, 1.54) is 0 Å². The third kappa shape index (κ3) is 1.29. The maximum atomic E-state index is 11.1. The van der Waals surface area contributed by atoms with Crippen molar-refractivity contribution in [3.8, 4) is 0 Å². The number of rotatable bonds is 1. The summed E-state index contributed by atoms with van der Waals surface area (Å²) in [5.74, 6) is 1.79. The molecule has 1 saturated heterocycles. The summed E-state index contributed by atoms with van der Waals surface area (Å²) in [6.07, 6.45) is 0. The molecule has 15 heavy (non-hydrogen) atoms. The molecule has 3 rings (SSSR count). The van der Waals surface area contributed by atoms with Gasteiger partial charge in [0.25, 0.3) is 5.56 Å². The van der Waals surface area contributed by atoms with Crippen LogP contribution < -0.4 is 21.9 Å². The molecular weight excluding hydrogens is 194 g/mol. The van der Waals surface area contributed by atoms with E-state index in [-0.39, 0.29) is 11.4 Å². The van der Waals surface area contributed by atoms with Crippen LogP contribution in [0.4, 0.5) is 11.8 Å². The molecular formula is C9H12N5O. The van der Waals surface area contributed by atoms with Crippen LogP contribution >= 0.6 is 0 Å². The number of nitrogens with zero attached hydrogens (tertiary/aromatic N) is 2. The van der Waals surface area contributed by atoms with E-state index in [0.29, 0.717) is 23.8 Å². The second kappa shape index (κ2) is 2.73. The molecule has 2 aliphatic rings. The van der Waals surface area contributed by atoms with Crippen LogP contribution in [-0.2, 0) is 0 Å². The van der Waals surface area contributed by atoms with Crippen molar-refractivity contribution in [2.24, 2.45) is 17.6 Å². The maximum Gasteiger partial charge on any atom is 0.262 e. The van der Waals surface area contributed by atoms with Crippen molar-refractivity contribution in [3.05, 3.63) is 16.4 Å². The van der Waals surface area contributed by atoms with E-state index >= 15 is 0 Å². The van der Waals surface area contributed by atoms with Crippen molar-refractivity contribution in [1.29, 1.82) is 0 Å². The minimum Gasteiger partial charge on any atom is -0.383 e. The Kier molecular flexibility index (Phi) is 1.59. The van der Waals surface area contributed by atoms with Crippen LogP contribution in [0.2, 0.25) is 0 Å². The Morgan fingerprint density at radius 2 is 2.13 bits per heavy atom. The van der Waals surface area contributed by atoms with Crippen molar-refractivity contribution in [3.63, 3.8) is 0 Å². The molecule has 2 heterocycles. The van der Waals surface area contributed by atoms with Gasteiger partial charge in [-0.25, -0.2) is 0 Å². The highest BCUT2D eigenvalue weighted by atomic mass is 16.1. The highest BCUT2D eigenvalue weighted by molar-refractivity contribution is 5.40. The number of nitrogens with one attached hydrogen (secondary N) is 1. The SMILES string of the molecule is Nc1[c]c(=O)[nH]c(N2CC3C(N)C3C2)n1. The van der Waals surface area contributed by atoms with Gasteiger partial charge < -0.3 is 16.4 Å². The normalized spacial score (nSPS) is 32.9. The second-order valence-corrected chi connectivity index (χ2v) is 4.21. The number of nitrogen functional groups attached to an aromatic ring is 1. The van der Waals surface area contributed by atoms with Crippen molar-refractivity contribution in [2.45, 2.75) is 6.04 Å². The highest BCUT2D eigenvalue weighted by Crippen LogP contribution is 2.44. The van der Waals surface area contributed by atoms with Crippen LogP contribution in [-0.4, -0.2) is 29.1 Å². The molecule has 1 aromatic heterocycles. The van der Waals surface area contributed by atoms with Gasteiger partial charge in [-0.05, 0) is 11.8 Å². The topological polar surface area (TPSA) is 101 Å². The molecule has 1 aliphatic heterocycles. The van der Waals surface area contributed by atoms with Gasteiger partial charge in [0, 0.05) is 19.1 Å². The quantitative estimate of drug-likeness (QED) is 0.521. The molecule has 1 saturated carbocycles. The number of H-pyrrole nitrogens is 1. The summed E-state index contributed by atoms with van der Waals surface area (Å²) in [6.45, 7) is 1.72. The van der Waals surface area contributed by atoms with Crippen molar-refractivity contribution < 1.29 is 0 Å². The molecule has 0 amide bonds. The molecule has 79 valence electrons. The molecule has 0 aromatic carbocycles. The summed E-state index contributed by atoms with van der Waals surface area (Å²) >= 11 is 0. The van der Waals surface area contributed by atoms with Gasteiger partial charge in [0.05, 0.1) is 6.07 Å². The van der Waals surface area contributed by atoms with Crippen LogP contribution in [0.3, 0.4) is 0 Å². The average Bonchev–Trinajstić information content (AvgIpc) is 2.64. The summed E-state index contributed by atoms with van der Waals surface area (Å²) in [5.41, 5.74) is 11.0. The Morgan fingerprint density at radius 1 is 1.47 bits per heavy atom. The molecule has 2 unspecified atom stereocenters. The number of hydrogen-bond acceptors (Lipinski definition) is 5. The first-order valence-corrected chi connectivity index (χ1v) is 4.95. The van der Waals surface area contributed by atoms with Gasteiger partial charge in [-0.1, -0.05) is 0 Å². The lowest BCUT2D eigenvalue weighted by atomic mass is 10.4. The van der Waals surface area contributed by atoms with Gasteiger partial charge >= 0.3 is 0 Å². The predicted molar refractivity (Wildman–Crippen MR) is 55.3 cm³/mol. The minimum absolute atomic E-state index is 0.138. The molecule has 2 atom stereocenters. The number of aromatic nitrogens is 2. The summed E-state index contributed by atoms with van der Waals surface area (Å²) < 4.78 is 0. The zero-order chi connectivity index (χ0) is 10.6. The number of anilines is 2. The first kappa shape index (κ1) is 8.72. The van der Waals surface area contributed by atoms with E-state index < -0.39 is 0 Å². The monoisotopic (exact) mass is 206 g/mol. The van der Waals surface area contributed by atoms with E-state index in [9.17, 15) is 4.79 Å². The average molecular weight is 206 g/mol.